The molecule has 0 aliphatic rings. The molecule has 1 aromatic carbocycles. The average molecular weight is 250 g/mol. The molecule has 18 heavy (non-hydrogen) atoms. The lowest BCUT2D eigenvalue weighted by Crippen LogP contribution is -2.17. The first-order valence-corrected chi connectivity index (χ1v) is 6.88. The number of ether oxygens (including phenoxy) is 2. The van der Waals surface area contributed by atoms with Crippen LogP contribution in [0.4, 0.5) is 0 Å². The summed E-state index contributed by atoms with van der Waals surface area (Å²) in [4.78, 5) is 0. The van der Waals surface area contributed by atoms with Crippen LogP contribution in [0.25, 0.3) is 0 Å². The highest BCUT2D eigenvalue weighted by molar-refractivity contribution is 5.19. The molecule has 0 spiro atoms. The Morgan fingerprint density at radius 2 is 1.78 bits per heavy atom. The molecule has 0 saturated carbocycles. The first-order valence-electron chi connectivity index (χ1n) is 6.88. The molecule has 0 heterocycles. The van der Waals surface area contributed by atoms with Gasteiger partial charge in [-0.2, -0.15) is 0 Å². The normalized spacial score (nSPS) is 14.4. The Hall–Kier alpha value is -0.860. The van der Waals surface area contributed by atoms with Crippen molar-refractivity contribution in [3.05, 3.63) is 35.9 Å². The van der Waals surface area contributed by atoms with E-state index in [1.54, 1.807) is 14.2 Å². The monoisotopic (exact) mass is 250 g/mol. The molecule has 0 bridgehead atoms. The van der Waals surface area contributed by atoms with Crippen LogP contribution < -0.4 is 0 Å². The number of hydrogen-bond acceptors (Lipinski definition) is 2. The van der Waals surface area contributed by atoms with E-state index in [0.717, 1.165) is 19.4 Å². The Balaban J connectivity index is 2.61. The second kappa shape index (κ2) is 9.12. The van der Waals surface area contributed by atoms with Crippen LogP contribution in [0.1, 0.15) is 44.1 Å². The molecular formula is C16H26O2. The molecule has 102 valence electrons. The fraction of sp³-hybridized carbons (Fsp3) is 0.625. The van der Waals surface area contributed by atoms with Crippen molar-refractivity contribution in [2.24, 2.45) is 0 Å². The van der Waals surface area contributed by atoms with Crippen molar-refractivity contribution >= 4 is 0 Å². The maximum atomic E-state index is 5.57. The third-order valence-electron chi connectivity index (χ3n) is 3.43. The fourth-order valence-electron chi connectivity index (χ4n) is 2.39. The zero-order chi connectivity index (χ0) is 13.2. The molecular weight excluding hydrogens is 224 g/mol. The summed E-state index contributed by atoms with van der Waals surface area (Å²) in [7, 11) is 3.54. The molecule has 2 heteroatoms. The number of rotatable bonds is 9. The minimum atomic E-state index is 0.293. The summed E-state index contributed by atoms with van der Waals surface area (Å²) in [5.74, 6) is 0.595. The van der Waals surface area contributed by atoms with Gasteiger partial charge in [0.25, 0.3) is 0 Å². The van der Waals surface area contributed by atoms with Crippen LogP contribution in [0.2, 0.25) is 0 Å². The smallest absolute Gasteiger partial charge is 0.0599 e. The number of hydrogen-bond donors (Lipinski definition) is 0. The third-order valence-corrected chi connectivity index (χ3v) is 3.43. The summed E-state index contributed by atoms with van der Waals surface area (Å²) in [5, 5.41) is 0. The molecule has 2 atom stereocenters. The summed E-state index contributed by atoms with van der Waals surface area (Å²) in [6, 6.07) is 10.8. The first kappa shape index (κ1) is 15.2. The van der Waals surface area contributed by atoms with Crippen LogP contribution >= 0.6 is 0 Å². The summed E-state index contributed by atoms with van der Waals surface area (Å²) < 4.78 is 10.7. The Morgan fingerprint density at radius 1 is 1.06 bits per heavy atom. The fourth-order valence-corrected chi connectivity index (χ4v) is 2.39. The lowest BCUT2D eigenvalue weighted by Gasteiger charge is -2.22. The summed E-state index contributed by atoms with van der Waals surface area (Å²) in [6.07, 6.45) is 4.77. The van der Waals surface area contributed by atoms with Crippen molar-refractivity contribution in [3.63, 3.8) is 0 Å². The molecule has 1 rings (SSSR count). The second-order valence-electron chi connectivity index (χ2n) is 4.77. The van der Waals surface area contributed by atoms with E-state index in [1.807, 2.05) is 0 Å². The van der Waals surface area contributed by atoms with E-state index in [9.17, 15) is 0 Å². The standard InChI is InChI=1S/C16H26O2/c1-4-8-15(14-9-6-5-7-10-14)13-16(18-3)11-12-17-2/h5-7,9-10,15-16H,4,8,11-13H2,1-3H3. The average Bonchev–Trinajstić information content (AvgIpc) is 2.43. The van der Waals surface area contributed by atoms with Crippen molar-refractivity contribution in [1.29, 1.82) is 0 Å². The molecule has 2 nitrogen and oxygen atoms in total. The van der Waals surface area contributed by atoms with E-state index in [1.165, 1.54) is 18.4 Å². The van der Waals surface area contributed by atoms with Gasteiger partial charge in [-0.3, -0.25) is 0 Å². The predicted molar refractivity (Wildman–Crippen MR) is 76.0 cm³/mol. The van der Waals surface area contributed by atoms with Crippen LogP contribution in [0.3, 0.4) is 0 Å². The molecule has 0 N–H and O–H groups in total. The van der Waals surface area contributed by atoms with Gasteiger partial charge in [-0.25, -0.2) is 0 Å². The zero-order valence-electron chi connectivity index (χ0n) is 11.9. The highest BCUT2D eigenvalue weighted by atomic mass is 16.5. The van der Waals surface area contributed by atoms with Gasteiger partial charge in [-0.15, -0.1) is 0 Å². The van der Waals surface area contributed by atoms with Crippen LogP contribution in [0, 0.1) is 0 Å². The highest BCUT2D eigenvalue weighted by Gasteiger charge is 2.17. The summed E-state index contributed by atoms with van der Waals surface area (Å²) in [6.45, 7) is 3.01. The SMILES string of the molecule is CCCC(CC(CCOC)OC)c1ccccc1. The second-order valence-corrected chi connectivity index (χ2v) is 4.77. The Bertz CT molecular complexity index is 297. The van der Waals surface area contributed by atoms with Crippen molar-refractivity contribution in [3.8, 4) is 0 Å². The molecule has 1 aromatic rings. The quantitative estimate of drug-likeness (QED) is 0.659. The molecule has 0 radical (unpaired) electrons. The van der Waals surface area contributed by atoms with E-state index in [4.69, 9.17) is 9.47 Å². The van der Waals surface area contributed by atoms with Gasteiger partial charge in [-0.05, 0) is 30.7 Å². The topological polar surface area (TPSA) is 18.5 Å². The maximum Gasteiger partial charge on any atom is 0.0599 e. The third kappa shape index (κ3) is 5.19. The first-order chi connectivity index (χ1) is 8.81. The van der Waals surface area contributed by atoms with Gasteiger partial charge >= 0.3 is 0 Å². The lowest BCUT2D eigenvalue weighted by molar-refractivity contribution is 0.0551. The molecule has 0 aliphatic heterocycles. The number of methoxy groups -OCH3 is 2. The van der Waals surface area contributed by atoms with Gasteiger partial charge in [-0.1, -0.05) is 43.7 Å². The van der Waals surface area contributed by atoms with Gasteiger partial charge < -0.3 is 9.47 Å². The maximum absolute atomic E-state index is 5.57. The van der Waals surface area contributed by atoms with Crippen molar-refractivity contribution in [2.45, 2.75) is 44.6 Å². The van der Waals surface area contributed by atoms with Gasteiger partial charge in [0.05, 0.1) is 6.10 Å². The van der Waals surface area contributed by atoms with E-state index in [2.05, 4.69) is 37.3 Å². The predicted octanol–water partition coefficient (Wildman–Crippen LogP) is 4.01. The minimum absolute atomic E-state index is 0.293. The van der Waals surface area contributed by atoms with E-state index in [0.29, 0.717) is 12.0 Å². The van der Waals surface area contributed by atoms with Crippen LogP contribution in [0.5, 0.6) is 0 Å². The Kier molecular flexibility index (Phi) is 7.70. The van der Waals surface area contributed by atoms with Crippen LogP contribution in [-0.2, 0) is 9.47 Å². The molecule has 2 unspecified atom stereocenters. The van der Waals surface area contributed by atoms with Crippen LogP contribution in [0.15, 0.2) is 30.3 Å². The number of benzene rings is 1. The Labute approximate surface area is 111 Å². The molecule has 0 aromatic heterocycles. The highest BCUT2D eigenvalue weighted by Crippen LogP contribution is 2.27. The van der Waals surface area contributed by atoms with Crippen LogP contribution in [-0.4, -0.2) is 26.9 Å². The molecule has 0 saturated heterocycles. The summed E-state index contributed by atoms with van der Waals surface area (Å²) in [5.41, 5.74) is 1.43. The summed E-state index contributed by atoms with van der Waals surface area (Å²) >= 11 is 0. The lowest BCUT2D eigenvalue weighted by atomic mass is 9.88. The Morgan fingerprint density at radius 3 is 2.33 bits per heavy atom. The van der Waals surface area contributed by atoms with Gasteiger partial charge in [0.2, 0.25) is 0 Å². The van der Waals surface area contributed by atoms with Gasteiger partial charge in [0.15, 0.2) is 0 Å². The van der Waals surface area contributed by atoms with E-state index >= 15 is 0 Å². The largest absolute Gasteiger partial charge is 0.385 e. The van der Waals surface area contributed by atoms with E-state index < -0.39 is 0 Å². The van der Waals surface area contributed by atoms with Crippen molar-refractivity contribution in [1.82, 2.24) is 0 Å². The molecule has 0 aliphatic carbocycles. The van der Waals surface area contributed by atoms with E-state index in [-0.39, 0.29) is 0 Å². The van der Waals surface area contributed by atoms with Crippen molar-refractivity contribution in [2.75, 3.05) is 20.8 Å². The van der Waals surface area contributed by atoms with Crippen molar-refractivity contribution < 1.29 is 9.47 Å². The molecule has 0 amide bonds. The minimum Gasteiger partial charge on any atom is -0.385 e. The van der Waals surface area contributed by atoms with Gasteiger partial charge in [0.1, 0.15) is 0 Å². The molecule has 0 fully saturated rings. The van der Waals surface area contributed by atoms with Gasteiger partial charge in [0, 0.05) is 20.8 Å². The zero-order valence-corrected chi connectivity index (χ0v) is 11.9.